The van der Waals surface area contributed by atoms with Crippen LogP contribution in [0.3, 0.4) is 0 Å². The van der Waals surface area contributed by atoms with Crippen LogP contribution in [0.25, 0.3) is 10.2 Å². The van der Waals surface area contributed by atoms with E-state index in [9.17, 15) is 9.59 Å². The Morgan fingerprint density at radius 2 is 1.93 bits per heavy atom. The van der Waals surface area contributed by atoms with Crippen molar-refractivity contribution in [3.63, 3.8) is 0 Å². The van der Waals surface area contributed by atoms with Crippen molar-refractivity contribution >= 4 is 50.8 Å². The highest BCUT2D eigenvalue weighted by Gasteiger charge is 2.10. The van der Waals surface area contributed by atoms with E-state index in [4.69, 9.17) is 0 Å². The molecule has 7 heteroatoms. The average molecular weight is 400 g/mol. The minimum atomic E-state index is -0.00565. The molecule has 0 fully saturated rings. The summed E-state index contributed by atoms with van der Waals surface area (Å²) in [6.07, 6.45) is 1.16. The van der Waals surface area contributed by atoms with Gasteiger partial charge in [-0.05, 0) is 30.2 Å². The number of anilines is 1. The molecule has 1 N–H and O–H groups in total. The molecule has 140 valence electrons. The fourth-order valence-corrected chi connectivity index (χ4v) is 4.51. The Morgan fingerprint density at radius 1 is 1.15 bits per heavy atom. The molecule has 5 nitrogen and oxygen atoms in total. The van der Waals surface area contributed by atoms with Crippen LogP contribution in [0.2, 0.25) is 0 Å². The summed E-state index contributed by atoms with van der Waals surface area (Å²) < 4.78 is 1.85. The molecule has 1 aromatic heterocycles. The van der Waals surface area contributed by atoms with Gasteiger partial charge in [-0.3, -0.25) is 9.59 Å². The first kappa shape index (κ1) is 19.4. The Balaban J connectivity index is 1.59. The molecule has 27 heavy (non-hydrogen) atoms. The lowest BCUT2D eigenvalue weighted by molar-refractivity contribution is -0.125. The summed E-state index contributed by atoms with van der Waals surface area (Å²) in [6, 6.07) is 15.7. The van der Waals surface area contributed by atoms with E-state index in [1.54, 1.807) is 19.0 Å². The van der Waals surface area contributed by atoms with Gasteiger partial charge in [0.1, 0.15) is 0 Å². The lowest BCUT2D eigenvalue weighted by Gasteiger charge is -2.07. The maximum atomic E-state index is 12.2. The van der Waals surface area contributed by atoms with Gasteiger partial charge in [-0.15, -0.1) is 11.3 Å². The monoisotopic (exact) mass is 399 g/mol. The summed E-state index contributed by atoms with van der Waals surface area (Å²) in [5.74, 6) is 0.426. The molecule has 0 aliphatic heterocycles. The first-order chi connectivity index (χ1) is 13.0. The van der Waals surface area contributed by atoms with Crippen molar-refractivity contribution in [3.05, 3.63) is 54.1 Å². The molecule has 0 radical (unpaired) electrons. The van der Waals surface area contributed by atoms with Crippen LogP contribution in [0, 0.1) is 0 Å². The van der Waals surface area contributed by atoms with Crippen molar-refractivity contribution in [2.24, 2.45) is 0 Å². The Kier molecular flexibility index (Phi) is 6.47. The summed E-state index contributed by atoms with van der Waals surface area (Å²) in [6.45, 7) is 0. The molecular weight excluding hydrogens is 378 g/mol. The van der Waals surface area contributed by atoms with Crippen LogP contribution >= 0.6 is 23.1 Å². The summed E-state index contributed by atoms with van der Waals surface area (Å²) in [5.41, 5.74) is 2.80. The van der Waals surface area contributed by atoms with Crippen molar-refractivity contribution in [1.29, 1.82) is 0 Å². The van der Waals surface area contributed by atoms with E-state index in [0.29, 0.717) is 12.2 Å². The number of rotatable bonds is 7. The SMILES string of the molecule is CN(C)C(=O)CSc1nc2ccc(NC(=O)CCc3ccccc3)cc2s1. The van der Waals surface area contributed by atoms with E-state index in [1.165, 1.54) is 23.1 Å². The molecule has 0 aliphatic carbocycles. The quantitative estimate of drug-likeness (QED) is 0.609. The van der Waals surface area contributed by atoms with E-state index >= 15 is 0 Å². The van der Waals surface area contributed by atoms with Crippen LogP contribution in [0.4, 0.5) is 5.69 Å². The molecule has 2 aromatic carbocycles. The van der Waals surface area contributed by atoms with E-state index in [1.807, 2.05) is 48.5 Å². The third-order valence-corrected chi connectivity index (χ3v) is 6.10. The first-order valence-corrected chi connectivity index (χ1v) is 10.4. The number of aromatic nitrogens is 1. The van der Waals surface area contributed by atoms with Crippen molar-refractivity contribution in [2.45, 2.75) is 17.2 Å². The number of carbonyl (C=O) groups excluding carboxylic acids is 2. The lowest BCUT2D eigenvalue weighted by atomic mass is 10.1. The maximum absolute atomic E-state index is 12.2. The van der Waals surface area contributed by atoms with Crippen LogP contribution in [-0.4, -0.2) is 41.5 Å². The minimum absolute atomic E-state index is 0.00565. The molecule has 3 aromatic rings. The summed E-state index contributed by atoms with van der Waals surface area (Å²) in [5, 5.41) is 2.95. The highest BCUT2D eigenvalue weighted by atomic mass is 32.2. The number of benzene rings is 2. The number of thiazole rings is 1. The third-order valence-electron chi connectivity index (χ3n) is 3.95. The number of hydrogen-bond acceptors (Lipinski definition) is 5. The van der Waals surface area contributed by atoms with Crippen LogP contribution in [0.1, 0.15) is 12.0 Å². The Labute approximate surface area is 166 Å². The standard InChI is InChI=1S/C20H21N3O2S2/c1-23(2)19(25)13-26-20-22-16-10-9-15(12-17(16)27-20)21-18(24)11-8-14-6-4-3-5-7-14/h3-7,9-10,12H,8,11,13H2,1-2H3,(H,21,24). The Hall–Kier alpha value is -2.38. The number of thioether (sulfide) groups is 1. The van der Waals surface area contributed by atoms with Gasteiger partial charge in [-0.25, -0.2) is 4.98 Å². The van der Waals surface area contributed by atoms with Gasteiger partial charge in [0.05, 0.1) is 16.0 Å². The normalized spacial score (nSPS) is 10.7. The predicted octanol–water partition coefficient (Wildman–Crippen LogP) is 4.05. The number of amides is 2. The second-order valence-corrected chi connectivity index (χ2v) is 8.53. The molecule has 0 unspecified atom stereocenters. The van der Waals surface area contributed by atoms with E-state index in [0.717, 1.165) is 32.2 Å². The topological polar surface area (TPSA) is 62.3 Å². The average Bonchev–Trinajstić information content (AvgIpc) is 3.07. The second kappa shape index (κ2) is 9.01. The number of fused-ring (bicyclic) bond motifs is 1. The number of nitrogens with zero attached hydrogens (tertiary/aromatic N) is 2. The molecule has 0 saturated carbocycles. The lowest BCUT2D eigenvalue weighted by Crippen LogP contribution is -2.23. The van der Waals surface area contributed by atoms with E-state index in [2.05, 4.69) is 10.3 Å². The van der Waals surface area contributed by atoms with Crippen LogP contribution in [0.5, 0.6) is 0 Å². The molecule has 0 saturated heterocycles. The zero-order valence-electron chi connectivity index (χ0n) is 15.3. The van der Waals surface area contributed by atoms with Crippen LogP contribution < -0.4 is 5.32 Å². The molecule has 1 heterocycles. The Bertz CT molecular complexity index is 939. The smallest absolute Gasteiger partial charge is 0.232 e. The number of carbonyl (C=O) groups is 2. The zero-order chi connectivity index (χ0) is 19.2. The fourth-order valence-electron chi connectivity index (χ4n) is 2.42. The van der Waals surface area contributed by atoms with Gasteiger partial charge in [-0.1, -0.05) is 42.1 Å². The summed E-state index contributed by atoms with van der Waals surface area (Å²) >= 11 is 2.97. The fraction of sp³-hybridized carbons (Fsp3) is 0.250. The van der Waals surface area contributed by atoms with Crippen molar-refractivity contribution < 1.29 is 9.59 Å². The van der Waals surface area contributed by atoms with Crippen molar-refractivity contribution in [2.75, 3.05) is 25.2 Å². The number of nitrogens with one attached hydrogen (secondary N) is 1. The van der Waals surface area contributed by atoms with E-state index in [-0.39, 0.29) is 11.8 Å². The molecule has 0 aliphatic rings. The second-order valence-electron chi connectivity index (χ2n) is 6.27. The van der Waals surface area contributed by atoms with Gasteiger partial charge < -0.3 is 10.2 Å². The van der Waals surface area contributed by atoms with E-state index < -0.39 is 0 Å². The van der Waals surface area contributed by atoms with Gasteiger partial charge in [0, 0.05) is 26.2 Å². The molecular formula is C20H21N3O2S2. The predicted molar refractivity (Wildman–Crippen MR) is 112 cm³/mol. The third kappa shape index (κ3) is 5.55. The molecule has 3 rings (SSSR count). The number of aryl methyl sites for hydroxylation is 1. The van der Waals surface area contributed by atoms with Gasteiger partial charge in [0.25, 0.3) is 0 Å². The van der Waals surface area contributed by atoms with Crippen molar-refractivity contribution in [1.82, 2.24) is 9.88 Å². The van der Waals surface area contributed by atoms with Gasteiger partial charge in [-0.2, -0.15) is 0 Å². The van der Waals surface area contributed by atoms with Gasteiger partial charge >= 0.3 is 0 Å². The summed E-state index contributed by atoms with van der Waals surface area (Å²) in [7, 11) is 3.49. The van der Waals surface area contributed by atoms with Crippen LogP contribution in [-0.2, 0) is 16.0 Å². The largest absolute Gasteiger partial charge is 0.348 e. The van der Waals surface area contributed by atoms with Crippen LogP contribution in [0.15, 0.2) is 52.9 Å². The molecule has 0 spiro atoms. The highest BCUT2D eigenvalue weighted by molar-refractivity contribution is 8.01. The highest BCUT2D eigenvalue weighted by Crippen LogP contribution is 2.31. The molecule has 0 bridgehead atoms. The molecule has 0 atom stereocenters. The van der Waals surface area contributed by atoms with Gasteiger partial charge in [0.15, 0.2) is 4.34 Å². The van der Waals surface area contributed by atoms with Gasteiger partial charge in [0.2, 0.25) is 11.8 Å². The number of hydrogen-bond donors (Lipinski definition) is 1. The van der Waals surface area contributed by atoms with Crippen molar-refractivity contribution in [3.8, 4) is 0 Å². The first-order valence-electron chi connectivity index (χ1n) is 8.58. The Morgan fingerprint density at radius 3 is 2.67 bits per heavy atom. The molecule has 2 amide bonds. The minimum Gasteiger partial charge on any atom is -0.348 e. The maximum Gasteiger partial charge on any atom is 0.232 e. The zero-order valence-corrected chi connectivity index (χ0v) is 16.9. The summed E-state index contributed by atoms with van der Waals surface area (Å²) in [4.78, 5) is 30.0.